The van der Waals surface area contributed by atoms with Gasteiger partial charge < -0.3 is 5.11 Å². The number of aliphatic hydroxyl groups excluding tert-OH is 1. The van der Waals surface area contributed by atoms with Gasteiger partial charge in [0.25, 0.3) is 0 Å². The van der Waals surface area contributed by atoms with E-state index in [2.05, 4.69) is 15.2 Å². The van der Waals surface area contributed by atoms with E-state index < -0.39 is 6.10 Å². The Morgan fingerprint density at radius 3 is 2.75 bits per heavy atom. The number of aromatic amines is 1. The fourth-order valence-corrected chi connectivity index (χ4v) is 2.36. The van der Waals surface area contributed by atoms with E-state index >= 15 is 0 Å². The van der Waals surface area contributed by atoms with Crippen molar-refractivity contribution in [3.05, 3.63) is 35.7 Å². The van der Waals surface area contributed by atoms with Crippen molar-refractivity contribution in [3.8, 4) is 0 Å². The molecule has 16 heavy (non-hydrogen) atoms. The summed E-state index contributed by atoms with van der Waals surface area (Å²) in [5.74, 6) is 0.789. The molecule has 2 aromatic rings. The Labute approximate surface area is 98.1 Å². The second kappa shape index (κ2) is 4.67. The number of hydrogen-bond donors (Lipinski definition) is 2. The summed E-state index contributed by atoms with van der Waals surface area (Å²) < 4.78 is 0. The molecule has 0 aliphatic heterocycles. The third kappa shape index (κ3) is 2.43. The van der Waals surface area contributed by atoms with E-state index in [9.17, 15) is 5.11 Å². The Bertz CT molecular complexity index is 482. The third-order valence-electron chi connectivity index (χ3n) is 2.15. The smallest absolute Gasteiger partial charge is 0.213 e. The van der Waals surface area contributed by atoms with Crippen molar-refractivity contribution in [1.29, 1.82) is 0 Å². The number of nitrogens with one attached hydrogen (secondary N) is 1. The van der Waals surface area contributed by atoms with Crippen molar-refractivity contribution < 1.29 is 5.11 Å². The monoisotopic (exact) mass is 235 g/mol. The number of H-pyrrole nitrogens is 1. The number of aliphatic hydroxyl groups is 1. The zero-order valence-electron chi connectivity index (χ0n) is 9.14. The first-order chi connectivity index (χ1) is 7.66. The molecule has 84 valence electrons. The van der Waals surface area contributed by atoms with Gasteiger partial charge in [-0.15, -0.1) is 5.10 Å². The molecule has 1 aromatic carbocycles. The van der Waals surface area contributed by atoms with E-state index in [4.69, 9.17) is 0 Å². The predicted molar refractivity (Wildman–Crippen MR) is 62.3 cm³/mol. The van der Waals surface area contributed by atoms with Gasteiger partial charge >= 0.3 is 0 Å². The third-order valence-corrected chi connectivity index (χ3v) is 3.10. The highest BCUT2D eigenvalue weighted by molar-refractivity contribution is 7.99. The van der Waals surface area contributed by atoms with Crippen LogP contribution < -0.4 is 0 Å². The Kier molecular flexibility index (Phi) is 3.26. The minimum absolute atomic E-state index is 0.483. The van der Waals surface area contributed by atoms with E-state index in [1.807, 2.05) is 31.2 Å². The molecule has 0 fully saturated rings. The number of benzene rings is 1. The molecule has 1 aromatic heterocycles. The molecular formula is C11H13N3OS. The van der Waals surface area contributed by atoms with Crippen LogP contribution in [0.5, 0.6) is 0 Å². The zero-order valence-corrected chi connectivity index (χ0v) is 9.95. The second-order valence-electron chi connectivity index (χ2n) is 3.52. The van der Waals surface area contributed by atoms with Gasteiger partial charge in [0.1, 0.15) is 5.82 Å². The minimum atomic E-state index is -0.483. The molecule has 0 aliphatic carbocycles. The first-order valence-corrected chi connectivity index (χ1v) is 5.82. The summed E-state index contributed by atoms with van der Waals surface area (Å²) in [6.45, 7) is 3.61. The highest BCUT2D eigenvalue weighted by atomic mass is 32.2. The fourth-order valence-electron chi connectivity index (χ4n) is 1.38. The quantitative estimate of drug-likeness (QED) is 0.857. The highest BCUT2D eigenvalue weighted by Crippen LogP contribution is 2.30. The molecule has 4 nitrogen and oxygen atoms in total. The molecule has 0 bridgehead atoms. The fraction of sp³-hybridized carbons (Fsp3) is 0.273. The van der Waals surface area contributed by atoms with E-state index in [1.54, 1.807) is 6.92 Å². The highest BCUT2D eigenvalue weighted by Gasteiger charge is 2.10. The summed E-state index contributed by atoms with van der Waals surface area (Å²) >= 11 is 1.45. The van der Waals surface area contributed by atoms with Gasteiger partial charge in [0.15, 0.2) is 0 Å². The molecule has 5 heteroatoms. The average Bonchev–Trinajstić information content (AvgIpc) is 2.64. The lowest BCUT2D eigenvalue weighted by Crippen LogP contribution is -1.93. The molecule has 1 heterocycles. The maximum absolute atomic E-state index is 9.63. The predicted octanol–water partition coefficient (Wildman–Crippen LogP) is 2.32. The average molecular weight is 235 g/mol. The van der Waals surface area contributed by atoms with Gasteiger partial charge in [0.05, 0.1) is 6.10 Å². The maximum atomic E-state index is 9.63. The number of nitrogens with zero attached hydrogens (tertiary/aromatic N) is 2. The Hall–Kier alpha value is -1.33. The Morgan fingerprint density at radius 1 is 1.38 bits per heavy atom. The number of aromatic nitrogens is 3. The number of rotatable bonds is 3. The topological polar surface area (TPSA) is 61.8 Å². The molecule has 0 spiro atoms. The van der Waals surface area contributed by atoms with Crippen LogP contribution >= 0.6 is 11.8 Å². The van der Waals surface area contributed by atoms with Crippen LogP contribution in [0, 0.1) is 6.92 Å². The zero-order chi connectivity index (χ0) is 11.5. The van der Waals surface area contributed by atoms with Crippen molar-refractivity contribution >= 4 is 11.8 Å². The lowest BCUT2D eigenvalue weighted by atomic mass is 10.1. The van der Waals surface area contributed by atoms with Gasteiger partial charge in [-0.1, -0.05) is 18.2 Å². The molecule has 1 atom stereocenters. The van der Waals surface area contributed by atoms with Crippen LogP contribution in [-0.4, -0.2) is 20.3 Å². The van der Waals surface area contributed by atoms with Crippen LogP contribution in [0.4, 0.5) is 0 Å². The van der Waals surface area contributed by atoms with Gasteiger partial charge in [0, 0.05) is 4.90 Å². The molecule has 0 amide bonds. The molecule has 2 rings (SSSR count). The van der Waals surface area contributed by atoms with E-state index in [-0.39, 0.29) is 0 Å². The van der Waals surface area contributed by atoms with Gasteiger partial charge in [-0.3, -0.25) is 5.10 Å². The summed E-state index contributed by atoms with van der Waals surface area (Å²) in [5, 5.41) is 17.1. The molecular weight excluding hydrogens is 222 g/mol. The largest absolute Gasteiger partial charge is 0.389 e. The van der Waals surface area contributed by atoms with Crippen molar-refractivity contribution in [2.45, 2.75) is 30.0 Å². The molecule has 0 saturated heterocycles. The van der Waals surface area contributed by atoms with Crippen LogP contribution in [0.15, 0.2) is 34.3 Å². The van der Waals surface area contributed by atoms with Crippen LogP contribution in [0.1, 0.15) is 24.4 Å². The maximum Gasteiger partial charge on any atom is 0.213 e. The van der Waals surface area contributed by atoms with Crippen molar-refractivity contribution in [2.75, 3.05) is 0 Å². The molecule has 0 saturated carbocycles. The van der Waals surface area contributed by atoms with Crippen LogP contribution in [0.2, 0.25) is 0 Å². The first kappa shape index (κ1) is 11.2. The lowest BCUT2D eigenvalue weighted by Gasteiger charge is -2.09. The Balaban J connectivity index is 2.27. The molecule has 0 aliphatic rings. The Morgan fingerprint density at radius 2 is 2.12 bits per heavy atom. The van der Waals surface area contributed by atoms with E-state index in [1.165, 1.54) is 11.8 Å². The van der Waals surface area contributed by atoms with Gasteiger partial charge in [-0.05, 0) is 37.2 Å². The molecule has 2 N–H and O–H groups in total. The summed E-state index contributed by atoms with van der Waals surface area (Å²) in [6, 6.07) is 7.72. The normalized spacial score (nSPS) is 12.7. The van der Waals surface area contributed by atoms with Crippen molar-refractivity contribution in [2.24, 2.45) is 0 Å². The van der Waals surface area contributed by atoms with Crippen LogP contribution in [0.3, 0.4) is 0 Å². The SMILES string of the molecule is Cc1nc(Sc2ccccc2C(C)O)n[nH]1. The van der Waals surface area contributed by atoms with Crippen LogP contribution in [0.25, 0.3) is 0 Å². The molecule has 0 radical (unpaired) electrons. The lowest BCUT2D eigenvalue weighted by molar-refractivity contribution is 0.196. The summed E-state index contributed by atoms with van der Waals surface area (Å²) in [5.41, 5.74) is 0.898. The van der Waals surface area contributed by atoms with Gasteiger partial charge in [-0.25, -0.2) is 4.98 Å². The minimum Gasteiger partial charge on any atom is -0.389 e. The van der Waals surface area contributed by atoms with Crippen molar-refractivity contribution in [1.82, 2.24) is 15.2 Å². The van der Waals surface area contributed by atoms with Crippen LogP contribution in [-0.2, 0) is 0 Å². The van der Waals surface area contributed by atoms with Gasteiger partial charge in [0.2, 0.25) is 5.16 Å². The first-order valence-electron chi connectivity index (χ1n) is 5.00. The van der Waals surface area contributed by atoms with Crippen molar-refractivity contribution in [3.63, 3.8) is 0 Å². The van der Waals surface area contributed by atoms with Gasteiger partial charge in [-0.2, -0.15) is 0 Å². The standard InChI is InChI=1S/C11H13N3OS/c1-7(15)9-5-3-4-6-10(9)16-11-12-8(2)13-14-11/h3-7,15H,1-2H3,(H,12,13,14). The number of hydrogen-bond acceptors (Lipinski definition) is 4. The molecule has 1 unspecified atom stereocenters. The summed E-state index contributed by atoms with van der Waals surface area (Å²) in [6.07, 6.45) is -0.483. The van der Waals surface area contributed by atoms with E-state index in [0.29, 0.717) is 5.16 Å². The summed E-state index contributed by atoms with van der Waals surface area (Å²) in [7, 11) is 0. The second-order valence-corrected chi connectivity index (χ2v) is 4.53. The van der Waals surface area contributed by atoms with E-state index in [0.717, 1.165) is 16.3 Å². The number of aryl methyl sites for hydroxylation is 1. The summed E-state index contributed by atoms with van der Waals surface area (Å²) in [4.78, 5) is 5.20.